The van der Waals surface area contributed by atoms with Crippen LogP contribution in [0.1, 0.15) is 15.9 Å². The summed E-state index contributed by atoms with van der Waals surface area (Å²) in [7, 11) is 1.73. The van der Waals surface area contributed by atoms with Crippen LogP contribution >= 0.6 is 35.8 Å². The second-order valence-corrected chi connectivity index (χ2v) is 5.82. The second-order valence-electron chi connectivity index (χ2n) is 4.46. The quantitative estimate of drug-likeness (QED) is 0.820. The Hall–Kier alpha value is -1.16. The highest BCUT2D eigenvalue weighted by Gasteiger charge is 2.15. The van der Waals surface area contributed by atoms with E-state index in [4.69, 9.17) is 23.2 Å². The summed E-state index contributed by atoms with van der Waals surface area (Å²) in [4.78, 5) is 14.7. The SMILES string of the molecule is CN(Cc1cccc(Cl)c1)C(=O)c1cc(S)ccc1Cl. The first-order chi connectivity index (χ1) is 9.47. The van der Waals surface area contributed by atoms with E-state index in [2.05, 4.69) is 12.6 Å². The van der Waals surface area contributed by atoms with Crippen LogP contribution in [0.25, 0.3) is 0 Å². The van der Waals surface area contributed by atoms with Crippen molar-refractivity contribution in [2.75, 3.05) is 7.05 Å². The largest absolute Gasteiger partial charge is 0.337 e. The Kier molecular flexibility index (Phi) is 4.97. The van der Waals surface area contributed by atoms with E-state index in [1.54, 1.807) is 36.2 Å². The minimum Gasteiger partial charge on any atom is -0.337 e. The van der Waals surface area contributed by atoms with E-state index >= 15 is 0 Å². The van der Waals surface area contributed by atoms with Gasteiger partial charge < -0.3 is 4.90 Å². The van der Waals surface area contributed by atoms with Crippen LogP contribution < -0.4 is 0 Å². The van der Waals surface area contributed by atoms with Gasteiger partial charge in [-0.05, 0) is 35.9 Å². The molecule has 0 fully saturated rings. The predicted molar refractivity (Wildman–Crippen MR) is 86.0 cm³/mol. The summed E-state index contributed by atoms with van der Waals surface area (Å²) < 4.78 is 0. The van der Waals surface area contributed by atoms with E-state index in [0.717, 1.165) is 5.56 Å². The average Bonchev–Trinajstić information content (AvgIpc) is 2.40. The molecule has 0 radical (unpaired) electrons. The van der Waals surface area contributed by atoms with Gasteiger partial charge in [0.2, 0.25) is 0 Å². The van der Waals surface area contributed by atoms with Crippen LogP contribution in [0.2, 0.25) is 10.0 Å². The van der Waals surface area contributed by atoms with Crippen LogP contribution in [0.15, 0.2) is 47.4 Å². The molecule has 0 saturated carbocycles. The molecule has 104 valence electrons. The van der Waals surface area contributed by atoms with Crippen LogP contribution in [0.3, 0.4) is 0 Å². The van der Waals surface area contributed by atoms with Gasteiger partial charge in [0.1, 0.15) is 0 Å². The van der Waals surface area contributed by atoms with Crippen molar-refractivity contribution in [1.82, 2.24) is 4.90 Å². The van der Waals surface area contributed by atoms with Crippen LogP contribution in [-0.2, 0) is 6.54 Å². The summed E-state index contributed by atoms with van der Waals surface area (Å²) in [5, 5.41) is 1.07. The van der Waals surface area contributed by atoms with Gasteiger partial charge in [0, 0.05) is 23.5 Å². The summed E-state index contributed by atoms with van der Waals surface area (Å²) in [6.07, 6.45) is 0. The Morgan fingerprint density at radius 3 is 2.65 bits per heavy atom. The molecule has 0 aliphatic heterocycles. The van der Waals surface area contributed by atoms with E-state index < -0.39 is 0 Å². The zero-order valence-electron chi connectivity index (χ0n) is 10.8. The van der Waals surface area contributed by atoms with Gasteiger partial charge >= 0.3 is 0 Å². The Morgan fingerprint density at radius 2 is 1.95 bits per heavy atom. The molecule has 0 N–H and O–H groups in total. The molecule has 5 heteroatoms. The zero-order chi connectivity index (χ0) is 14.7. The molecule has 0 unspecified atom stereocenters. The molecule has 2 rings (SSSR count). The first kappa shape index (κ1) is 15.2. The molecular weight excluding hydrogens is 313 g/mol. The Morgan fingerprint density at radius 1 is 1.20 bits per heavy atom. The van der Waals surface area contributed by atoms with E-state index in [1.165, 1.54) is 0 Å². The first-order valence-electron chi connectivity index (χ1n) is 5.96. The summed E-state index contributed by atoms with van der Waals surface area (Å²) in [5.41, 5.74) is 1.41. The van der Waals surface area contributed by atoms with Gasteiger partial charge in [0.05, 0.1) is 10.6 Å². The third kappa shape index (κ3) is 3.69. The predicted octanol–water partition coefficient (Wildman–Crippen LogP) is 4.55. The van der Waals surface area contributed by atoms with Crippen molar-refractivity contribution in [3.05, 3.63) is 63.6 Å². The van der Waals surface area contributed by atoms with E-state index in [9.17, 15) is 4.79 Å². The van der Waals surface area contributed by atoms with Gasteiger partial charge in [0.25, 0.3) is 5.91 Å². The molecular formula is C15H13Cl2NOS. The zero-order valence-corrected chi connectivity index (χ0v) is 13.2. The fourth-order valence-corrected chi connectivity index (χ4v) is 2.48. The maximum absolute atomic E-state index is 12.4. The molecule has 0 heterocycles. The molecule has 0 atom stereocenters. The highest BCUT2D eigenvalue weighted by atomic mass is 35.5. The highest BCUT2D eigenvalue weighted by molar-refractivity contribution is 7.80. The van der Waals surface area contributed by atoms with E-state index in [0.29, 0.717) is 27.0 Å². The number of carbonyl (C=O) groups is 1. The topological polar surface area (TPSA) is 20.3 Å². The van der Waals surface area contributed by atoms with Crippen LogP contribution in [0.4, 0.5) is 0 Å². The third-order valence-corrected chi connectivity index (χ3v) is 3.68. The van der Waals surface area contributed by atoms with Crippen molar-refractivity contribution in [3.63, 3.8) is 0 Å². The molecule has 0 aliphatic rings. The van der Waals surface area contributed by atoms with E-state index in [-0.39, 0.29) is 5.91 Å². The molecule has 2 aromatic rings. The van der Waals surface area contributed by atoms with Crippen LogP contribution in [-0.4, -0.2) is 17.9 Å². The van der Waals surface area contributed by atoms with Gasteiger partial charge in [-0.25, -0.2) is 0 Å². The number of rotatable bonds is 3. The van der Waals surface area contributed by atoms with Gasteiger partial charge in [-0.3, -0.25) is 4.79 Å². The molecule has 0 aromatic heterocycles. The molecule has 2 nitrogen and oxygen atoms in total. The third-order valence-electron chi connectivity index (χ3n) is 2.84. The molecule has 0 aliphatic carbocycles. The van der Waals surface area contributed by atoms with Crippen molar-refractivity contribution in [1.29, 1.82) is 0 Å². The van der Waals surface area contributed by atoms with Gasteiger partial charge in [0.15, 0.2) is 0 Å². The monoisotopic (exact) mass is 325 g/mol. The highest BCUT2D eigenvalue weighted by Crippen LogP contribution is 2.22. The van der Waals surface area contributed by atoms with Crippen molar-refractivity contribution in [2.24, 2.45) is 0 Å². The first-order valence-corrected chi connectivity index (χ1v) is 7.16. The van der Waals surface area contributed by atoms with Crippen LogP contribution in [0, 0.1) is 0 Å². The molecule has 0 spiro atoms. The normalized spacial score (nSPS) is 10.4. The smallest absolute Gasteiger partial charge is 0.255 e. The number of hydrogen-bond donors (Lipinski definition) is 1. The summed E-state index contributed by atoms with van der Waals surface area (Å²) in [5.74, 6) is -0.147. The van der Waals surface area contributed by atoms with Gasteiger partial charge in [-0.2, -0.15) is 0 Å². The summed E-state index contributed by atoms with van der Waals surface area (Å²) in [6, 6.07) is 12.5. The Labute approximate surface area is 133 Å². The number of halogens is 2. The lowest BCUT2D eigenvalue weighted by atomic mass is 10.1. The van der Waals surface area contributed by atoms with Gasteiger partial charge in [-0.1, -0.05) is 35.3 Å². The molecule has 1 amide bonds. The van der Waals surface area contributed by atoms with Crippen molar-refractivity contribution in [2.45, 2.75) is 11.4 Å². The van der Waals surface area contributed by atoms with Crippen molar-refractivity contribution >= 4 is 41.7 Å². The number of carbonyl (C=O) groups excluding carboxylic acids is 1. The standard InChI is InChI=1S/C15H13Cl2NOS/c1-18(9-10-3-2-4-11(16)7-10)15(19)13-8-12(20)5-6-14(13)17/h2-8,20H,9H2,1H3. The minimum absolute atomic E-state index is 0.147. The summed E-state index contributed by atoms with van der Waals surface area (Å²) >= 11 is 16.2. The van der Waals surface area contributed by atoms with Crippen molar-refractivity contribution in [3.8, 4) is 0 Å². The Balaban J connectivity index is 2.18. The number of thiol groups is 1. The molecule has 0 bridgehead atoms. The van der Waals surface area contributed by atoms with Crippen molar-refractivity contribution < 1.29 is 4.79 Å². The lowest BCUT2D eigenvalue weighted by Crippen LogP contribution is -2.26. The molecule has 0 saturated heterocycles. The summed E-state index contributed by atoms with van der Waals surface area (Å²) in [6.45, 7) is 0.465. The number of amides is 1. The van der Waals surface area contributed by atoms with E-state index in [1.807, 2.05) is 18.2 Å². The maximum Gasteiger partial charge on any atom is 0.255 e. The lowest BCUT2D eigenvalue weighted by Gasteiger charge is -2.18. The number of nitrogens with zero attached hydrogens (tertiary/aromatic N) is 1. The number of benzene rings is 2. The molecule has 20 heavy (non-hydrogen) atoms. The second kappa shape index (κ2) is 6.53. The van der Waals surface area contributed by atoms with Crippen LogP contribution in [0.5, 0.6) is 0 Å². The lowest BCUT2D eigenvalue weighted by molar-refractivity contribution is 0.0785. The average molecular weight is 326 g/mol. The fraction of sp³-hybridized carbons (Fsp3) is 0.133. The van der Waals surface area contributed by atoms with Gasteiger partial charge in [-0.15, -0.1) is 12.6 Å². The Bertz CT molecular complexity index is 646. The minimum atomic E-state index is -0.147. The number of hydrogen-bond acceptors (Lipinski definition) is 2. The molecule has 2 aromatic carbocycles. The maximum atomic E-state index is 12.4. The fourth-order valence-electron chi connectivity index (χ4n) is 1.86.